The lowest BCUT2D eigenvalue weighted by molar-refractivity contribution is 0.100. The maximum Gasteiger partial charge on any atom is 0.159 e. The molecule has 544 valence electrons. The predicted molar refractivity (Wildman–Crippen MR) is 456 cm³/mol. The number of Topliss-reactive ketones (excluding diaryl/α,β-unsaturated/α-hetero) is 3. The van der Waals surface area contributed by atoms with Gasteiger partial charge in [-0.3, -0.25) is 19.3 Å². The Balaban J connectivity index is 0.000000143. The Morgan fingerprint density at radius 1 is 0.333 bits per heavy atom. The van der Waals surface area contributed by atoms with Gasteiger partial charge >= 0.3 is 0 Å². The molecule has 6 heteroatoms. The van der Waals surface area contributed by atoms with Crippen LogP contribution in [0, 0.1) is 45.5 Å². The van der Waals surface area contributed by atoms with Gasteiger partial charge in [0.2, 0.25) is 0 Å². The van der Waals surface area contributed by atoms with Crippen molar-refractivity contribution in [2.45, 2.75) is 130 Å². The number of piperidine rings is 3. The largest absolute Gasteiger partial charge is 0.303 e. The van der Waals surface area contributed by atoms with Crippen LogP contribution in [-0.4, -0.2) is 91.0 Å². The van der Waals surface area contributed by atoms with Crippen LogP contribution in [0.25, 0.3) is 99.1 Å². The van der Waals surface area contributed by atoms with Crippen LogP contribution in [0.15, 0.2) is 237 Å². The maximum absolute atomic E-state index is 12.4. The summed E-state index contributed by atoms with van der Waals surface area (Å²) in [6.07, 6.45) is 22.5. The number of hydrogen-bond acceptors (Lipinski definition) is 6. The minimum absolute atomic E-state index is 0.0873. The molecule has 0 saturated carbocycles. The first-order valence-corrected chi connectivity index (χ1v) is 39.4. The van der Waals surface area contributed by atoms with Gasteiger partial charge < -0.3 is 9.80 Å². The molecule has 0 atom stereocenters. The standard InChI is InChI=1S/C36H37NO.C33H35NO.C33H31NO/c1-4-5-6-7-20-37-21-18-30(19-22-37)28-12-14-31(15-13-28)36-25-33(27(3)38)24-34-23-32(16-17-35(34)36)29-10-8-26(2)9-11-29;2*1-4-17-34-18-15-27(16-19-34)25-9-11-28(12-10-25)33-22-30(24(3)35)21-31-20-29(13-14-32(31)33)26-7-5-23(2)6-8-26/h1,8-17,23-25,30H,5-7,18-22H2,2-3H3;5-14,20-22,27H,4,15-19H2,1-3H3;1,5-14,20-22,27H,15-19H2,2-3H3. The summed E-state index contributed by atoms with van der Waals surface area (Å²) in [7, 11) is 0. The lowest BCUT2D eigenvalue weighted by Crippen LogP contribution is -2.33. The molecule has 0 unspecified atom stereocenters. The smallest absolute Gasteiger partial charge is 0.159 e. The van der Waals surface area contributed by atoms with Crippen molar-refractivity contribution in [1.29, 1.82) is 0 Å². The van der Waals surface area contributed by atoms with Crippen molar-refractivity contribution in [2.75, 3.05) is 58.9 Å². The third kappa shape index (κ3) is 18.5. The van der Waals surface area contributed by atoms with Crippen LogP contribution in [0.5, 0.6) is 0 Å². The number of fused-ring (bicyclic) bond motifs is 3. The van der Waals surface area contributed by atoms with Gasteiger partial charge in [0.1, 0.15) is 0 Å². The molecule has 108 heavy (non-hydrogen) atoms. The summed E-state index contributed by atoms with van der Waals surface area (Å²) in [4.78, 5) is 44.8. The first-order valence-electron chi connectivity index (χ1n) is 39.4. The quantitative estimate of drug-likeness (QED) is 0.0457. The lowest BCUT2D eigenvalue weighted by Gasteiger charge is -2.32. The molecule has 12 aromatic carbocycles. The van der Waals surface area contributed by atoms with Crippen LogP contribution in [0.2, 0.25) is 0 Å². The summed E-state index contributed by atoms with van der Waals surface area (Å²) in [6, 6.07) is 85.1. The molecule has 3 aliphatic heterocycles. The van der Waals surface area contributed by atoms with Crippen molar-refractivity contribution in [3.63, 3.8) is 0 Å². The topological polar surface area (TPSA) is 60.9 Å². The van der Waals surface area contributed by atoms with Gasteiger partial charge in [0.05, 0.1) is 6.54 Å². The Bertz CT molecular complexity index is 5220. The summed E-state index contributed by atoms with van der Waals surface area (Å²) in [5.41, 5.74) is 24.2. The Kier molecular flexibility index (Phi) is 24.8. The van der Waals surface area contributed by atoms with E-state index in [-0.39, 0.29) is 17.3 Å². The SMILES string of the molecule is C#CCCCCN1CCC(c2ccc(-c3cc(C(C)=O)cc4cc(-c5ccc(C)cc5)ccc34)cc2)CC1.C#CCN1CCC(c2ccc(-c3cc(C(C)=O)cc4cc(-c5ccc(C)cc5)ccc34)cc2)CC1.CCCN1CCC(c2ccc(-c3cc(C(C)=O)cc4cc(-c5ccc(C)cc5)ccc34)cc2)CC1. The number of rotatable bonds is 19. The summed E-state index contributed by atoms with van der Waals surface area (Å²) < 4.78 is 0. The number of likely N-dealkylation sites (tertiary alicyclic amines) is 3. The molecule has 0 aromatic heterocycles. The molecule has 0 radical (unpaired) electrons. The van der Waals surface area contributed by atoms with Crippen molar-refractivity contribution in [3.8, 4) is 91.4 Å². The van der Waals surface area contributed by atoms with E-state index in [1.807, 2.05) is 24.3 Å². The summed E-state index contributed by atoms with van der Waals surface area (Å²) >= 11 is 0. The van der Waals surface area contributed by atoms with E-state index in [0.29, 0.717) is 17.8 Å². The van der Waals surface area contributed by atoms with Crippen LogP contribution < -0.4 is 0 Å². The Hall–Kier alpha value is -10.6. The van der Waals surface area contributed by atoms with Crippen LogP contribution in [-0.2, 0) is 0 Å². The van der Waals surface area contributed by atoms with E-state index in [2.05, 4.69) is 267 Å². The summed E-state index contributed by atoms with van der Waals surface area (Å²) in [5, 5.41) is 6.84. The Morgan fingerprint density at radius 2 is 0.620 bits per heavy atom. The van der Waals surface area contributed by atoms with Crippen LogP contribution >= 0.6 is 0 Å². The number of benzene rings is 12. The van der Waals surface area contributed by atoms with Gasteiger partial charge in [-0.2, -0.15) is 0 Å². The number of ketones is 3. The first-order chi connectivity index (χ1) is 52.5. The average molecular weight is 1420 g/mol. The second-order valence-electron chi connectivity index (χ2n) is 30.7. The van der Waals surface area contributed by atoms with Crippen LogP contribution in [0.3, 0.4) is 0 Å². The number of carbonyl (C=O) groups is 3. The zero-order valence-corrected chi connectivity index (χ0v) is 64.4. The fraction of sp³-hybridized carbons (Fsp3) is 0.284. The molecular weight excluding hydrogens is 1320 g/mol. The number of unbranched alkanes of at least 4 members (excludes halogenated alkanes) is 2. The van der Waals surface area contributed by atoms with Gasteiger partial charge in [-0.1, -0.05) is 212 Å². The Labute approximate surface area is 642 Å². The van der Waals surface area contributed by atoms with E-state index in [4.69, 9.17) is 12.8 Å². The van der Waals surface area contributed by atoms with Crippen molar-refractivity contribution >= 4 is 49.7 Å². The summed E-state index contributed by atoms with van der Waals surface area (Å²) in [5.74, 6) is 7.63. The third-order valence-electron chi connectivity index (χ3n) is 23.0. The monoisotopic (exact) mass is 1420 g/mol. The number of carbonyl (C=O) groups excluding carboxylic acids is 3. The minimum atomic E-state index is 0.0873. The lowest BCUT2D eigenvalue weighted by atomic mass is 9.87. The van der Waals surface area contributed by atoms with Gasteiger partial charge in [-0.15, -0.1) is 18.8 Å². The fourth-order valence-electron chi connectivity index (χ4n) is 16.4. The van der Waals surface area contributed by atoms with Crippen molar-refractivity contribution in [2.24, 2.45) is 0 Å². The van der Waals surface area contributed by atoms with Gasteiger partial charge in [-0.25, -0.2) is 0 Å². The molecule has 0 amide bonds. The van der Waals surface area contributed by atoms with E-state index in [1.165, 1.54) is 148 Å². The highest BCUT2D eigenvalue weighted by Crippen LogP contribution is 2.41. The molecule has 12 aromatic rings. The van der Waals surface area contributed by atoms with Gasteiger partial charge in [-0.05, 0) is 340 Å². The number of hydrogen-bond donors (Lipinski definition) is 0. The Morgan fingerprint density at radius 3 is 0.907 bits per heavy atom. The molecule has 0 spiro atoms. The zero-order chi connectivity index (χ0) is 75.2. The van der Waals surface area contributed by atoms with Crippen LogP contribution in [0.4, 0.5) is 0 Å². The molecule has 0 N–H and O–H groups in total. The van der Waals surface area contributed by atoms with Crippen LogP contribution in [0.1, 0.15) is 174 Å². The fourth-order valence-corrected chi connectivity index (χ4v) is 16.4. The molecule has 3 saturated heterocycles. The van der Waals surface area contributed by atoms with E-state index < -0.39 is 0 Å². The highest BCUT2D eigenvalue weighted by atomic mass is 16.1. The second-order valence-corrected chi connectivity index (χ2v) is 30.7. The van der Waals surface area contributed by atoms with Gasteiger partial charge in [0, 0.05) is 23.1 Å². The molecule has 0 bridgehead atoms. The molecule has 0 aliphatic carbocycles. The van der Waals surface area contributed by atoms with E-state index >= 15 is 0 Å². The van der Waals surface area contributed by atoms with E-state index in [1.54, 1.807) is 20.8 Å². The van der Waals surface area contributed by atoms with E-state index in [9.17, 15) is 14.4 Å². The van der Waals surface area contributed by atoms with Crippen molar-refractivity contribution in [1.82, 2.24) is 14.7 Å². The highest BCUT2D eigenvalue weighted by molar-refractivity contribution is 6.08. The minimum Gasteiger partial charge on any atom is -0.303 e. The summed E-state index contributed by atoms with van der Waals surface area (Å²) in [6.45, 7) is 23.5. The van der Waals surface area contributed by atoms with E-state index in [0.717, 1.165) is 125 Å². The normalized spacial score (nSPS) is 14.7. The molecule has 3 heterocycles. The number of nitrogens with zero attached hydrogens (tertiary/aromatic N) is 3. The highest BCUT2D eigenvalue weighted by Gasteiger charge is 2.25. The molecule has 3 fully saturated rings. The number of aryl methyl sites for hydroxylation is 3. The maximum atomic E-state index is 12.4. The molecule has 15 rings (SSSR count). The predicted octanol–water partition coefficient (Wildman–Crippen LogP) is 24.4. The molecule has 3 aliphatic rings. The van der Waals surface area contributed by atoms with Gasteiger partial charge in [0.15, 0.2) is 17.3 Å². The third-order valence-corrected chi connectivity index (χ3v) is 23.0. The van der Waals surface area contributed by atoms with Crippen molar-refractivity contribution in [3.05, 3.63) is 287 Å². The number of terminal acetylenes is 2. The van der Waals surface area contributed by atoms with Crippen molar-refractivity contribution < 1.29 is 14.4 Å². The zero-order valence-electron chi connectivity index (χ0n) is 64.4. The average Bonchev–Trinajstić information content (AvgIpc) is 0.784. The molecule has 6 nitrogen and oxygen atoms in total. The van der Waals surface area contributed by atoms with Gasteiger partial charge in [0.25, 0.3) is 0 Å². The second kappa shape index (κ2) is 35.4. The molecular formula is C102H103N3O3. The first kappa shape index (κ1) is 75.7.